The van der Waals surface area contributed by atoms with E-state index >= 15 is 0 Å². The van der Waals surface area contributed by atoms with Crippen molar-refractivity contribution in [3.8, 4) is 6.07 Å². The van der Waals surface area contributed by atoms with Crippen molar-refractivity contribution in [3.63, 3.8) is 0 Å². The standard InChI is InChI=1S/C26H31ClF2N8OS2/c1-14(2)23(38)36-9-8-35(12-17(36)20(28)29)16-10-15(40-34-25(3)4-5-25)11-37-18(16)19(27)33-22(37)21(31)39-24(32)26(13-30)6-7-26/h10-11,14,17,20,31-32,34H,4-9,12H2,1-3H3. The number of pyridine rings is 1. The summed E-state index contributed by atoms with van der Waals surface area (Å²) in [6.45, 7) is 5.92. The molecule has 1 atom stereocenters. The van der Waals surface area contributed by atoms with E-state index in [0.717, 1.165) is 29.5 Å². The SMILES string of the molecule is CC(C)C(=O)N1CCN(c2cc(SNC3(C)CC3)cn3c(C(=N)SC(=N)C4(C#N)CC4)nc(Cl)c23)CC1C(F)F. The molecule has 9 nitrogen and oxygen atoms in total. The molecule has 1 amide bonds. The molecule has 2 aromatic heterocycles. The van der Waals surface area contributed by atoms with E-state index in [-0.39, 0.29) is 51.5 Å². The van der Waals surface area contributed by atoms with Crippen molar-refractivity contribution >= 4 is 62.5 Å². The molecule has 214 valence electrons. The first-order valence-electron chi connectivity index (χ1n) is 13.1. The number of amides is 1. The Morgan fingerprint density at radius 2 is 1.98 bits per heavy atom. The second-order valence-corrected chi connectivity index (χ2v) is 13.5. The van der Waals surface area contributed by atoms with E-state index in [1.54, 1.807) is 24.4 Å². The van der Waals surface area contributed by atoms with Gasteiger partial charge in [0.05, 0.1) is 16.8 Å². The van der Waals surface area contributed by atoms with Crippen LogP contribution in [-0.4, -0.2) is 67.9 Å². The molecule has 2 aromatic rings. The maximum absolute atomic E-state index is 14.2. The number of thioether (sulfide) groups is 1. The Hall–Kier alpha value is -2.40. The third-order valence-electron chi connectivity index (χ3n) is 7.69. The van der Waals surface area contributed by atoms with Crippen LogP contribution in [0.5, 0.6) is 0 Å². The Balaban J connectivity index is 1.52. The first kappa shape index (κ1) is 29.1. The van der Waals surface area contributed by atoms with Crippen molar-refractivity contribution in [1.29, 1.82) is 16.1 Å². The highest BCUT2D eigenvalue weighted by Gasteiger charge is 2.48. The Morgan fingerprint density at radius 3 is 2.55 bits per heavy atom. The van der Waals surface area contributed by atoms with Crippen LogP contribution in [0.25, 0.3) is 5.52 Å². The minimum Gasteiger partial charge on any atom is -0.366 e. The Morgan fingerprint density at radius 1 is 1.27 bits per heavy atom. The van der Waals surface area contributed by atoms with Crippen LogP contribution in [0.4, 0.5) is 14.5 Å². The molecule has 0 radical (unpaired) electrons. The molecule has 0 spiro atoms. The molecule has 1 saturated heterocycles. The monoisotopic (exact) mass is 608 g/mol. The molecule has 3 heterocycles. The first-order chi connectivity index (χ1) is 18.9. The molecule has 3 fully saturated rings. The summed E-state index contributed by atoms with van der Waals surface area (Å²) >= 11 is 8.94. The molecule has 2 aliphatic carbocycles. The van der Waals surface area contributed by atoms with Crippen molar-refractivity contribution in [2.45, 2.75) is 69.4 Å². The molecule has 0 bridgehead atoms. The van der Waals surface area contributed by atoms with Crippen LogP contribution < -0.4 is 9.62 Å². The summed E-state index contributed by atoms with van der Waals surface area (Å²) in [6.07, 6.45) is 2.36. The number of fused-ring (bicyclic) bond motifs is 1. The van der Waals surface area contributed by atoms with Gasteiger partial charge in [-0.05, 0) is 50.6 Å². The predicted molar refractivity (Wildman–Crippen MR) is 155 cm³/mol. The number of rotatable bonds is 8. The number of imidazole rings is 1. The highest BCUT2D eigenvalue weighted by molar-refractivity contribution is 8.26. The molecule has 3 N–H and O–H groups in total. The van der Waals surface area contributed by atoms with Crippen LogP contribution in [-0.2, 0) is 4.79 Å². The molecule has 14 heteroatoms. The lowest BCUT2D eigenvalue weighted by atomic mass is 10.1. The molecule has 40 heavy (non-hydrogen) atoms. The van der Waals surface area contributed by atoms with E-state index in [2.05, 4.69) is 22.7 Å². The van der Waals surface area contributed by atoms with Gasteiger partial charge in [0.25, 0.3) is 6.43 Å². The van der Waals surface area contributed by atoms with Crippen LogP contribution in [0.3, 0.4) is 0 Å². The lowest BCUT2D eigenvalue weighted by Gasteiger charge is -2.43. The third-order valence-corrected chi connectivity index (χ3v) is 9.99. The molecule has 2 saturated carbocycles. The van der Waals surface area contributed by atoms with Gasteiger partial charge in [-0.2, -0.15) is 5.26 Å². The fourth-order valence-electron chi connectivity index (χ4n) is 4.67. The number of carbonyl (C=O) groups excluding carboxylic acids is 1. The smallest absolute Gasteiger partial charge is 0.260 e. The van der Waals surface area contributed by atoms with E-state index in [1.165, 1.54) is 16.8 Å². The van der Waals surface area contributed by atoms with E-state index in [4.69, 9.17) is 22.4 Å². The lowest BCUT2D eigenvalue weighted by molar-refractivity contribution is -0.141. The van der Waals surface area contributed by atoms with E-state index in [0.29, 0.717) is 30.6 Å². The van der Waals surface area contributed by atoms with Gasteiger partial charge in [0.15, 0.2) is 11.0 Å². The van der Waals surface area contributed by atoms with Gasteiger partial charge in [-0.3, -0.25) is 24.7 Å². The Kier molecular flexibility index (Phi) is 7.84. The zero-order valence-corrected chi connectivity index (χ0v) is 24.8. The van der Waals surface area contributed by atoms with Gasteiger partial charge in [-0.15, -0.1) is 0 Å². The maximum Gasteiger partial charge on any atom is 0.260 e. The lowest BCUT2D eigenvalue weighted by Crippen LogP contribution is -2.59. The van der Waals surface area contributed by atoms with Gasteiger partial charge in [0.1, 0.15) is 22.0 Å². The van der Waals surface area contributed by atoms with Crippen molar-refractivity contribution < 1.29 is 13.6 Å². The number of aromatic nitrogens is 2. The first-order valence-corrected chi connectivity index (χ1v) is 15.2. The minimum absolute atomic E-state index is 0.0202. The number of alkyl halides is 2. The van der Waals surface area contributed by atoms with Crippen molar-refractivity contribution in [2.24, 2.45) is 11.3 Å². The fourth-order valence-corrected chi connectivity index (χ4v) is 6.72. The van der Waals surface area contributed by atoms with Crippen LogP contribution in [0.1, 0.15) is 52.3 Å². The summed E-state index contributed by atoms with van der Waals surface area (Å²) < 4.78 is 33.6. The maximum atomic E-state index is 14.2. The molecule has 0 aromatic carbocycles. The summed E-state index contributed by atoms with van der Waals surface area (Å²) in [5, 5.41) is 26.8. The number of carbonyl (C=O) groups is 1. The minimum atomic E-state index is -2.73. The van der Waals surface area contributed by atoms with Gasteiger partial charge in [0, 0.05) is 42.2 Å². The molecule has 5 rings (SSSR count). The molecule has 1 aliphatic heterocycles. The van der Waals surface area contributed by atoms with E-state index in [9.17, 15) is 18.8 Å². The van der Waals surface area contributed by atoms with Gasteiger partial charge in [0.2, 0.25) is 5.91 Å². The largest absolute Gasteiger partial charge is 0.366 e. The average Bonchev–Trinajstić information content (AvgIpc) is 3.85. The van der Waals surface area contributed by atoms with Gasteiger partial charge < -0.3 is 9.80 Å². The van der Waals surface area contributed by atoms with Crippen molar-refractivity contribution in [3.05, 3.63) is 23.2 Å². The Labute approximate surface area is 245 Å². The second-order valence-electron chi connectivity index (χ2n) is 11.3. The van der Waals surface area contributed by atoms with Gasteiger partial charge in [-0.1, -0.05) is 37.2 Å². The van der Waals surface area contributed by atoms with E-state index in [1.807, 2.05) is 11.0 Å². The summed E-state index contributed by atoms with van der Waals surface area (Å²) in [4.78, 5) is 21.0. The highest BCUT2D eigenvalue weighted by Crippen LogP contribution is 2.49. The third kappa shape index (κ3) is 5.55. The second kappa shape index (κ2) is 10.8. The molecular formula is C26H31ClF2N8OS2. The molecule has 3 aliphatic rings. The summed E-state index contributed by atoms with van der Waals surface area (Å²) in [7, 11) is 0. The molecule has 1 unspecified atom stereocenters. The normalized spacial score (nSPS) is 21.1. The predicted octanol–water partition coefficient (Wildman–Crippen LogP) is 5.41. The number of nitrogens with one attached hydrogen (secondary N) is 3. The fraction of sp³-hybridized carbons (Fsp3) is 0.577. The summed E-state index contributed by atoms with van der Waals surface area (Å²) in [5.74, 6) is -0.479. The van der Waals surface area contributed by atoms with Crippen molar-refractivity contribution in [1.82, 2.24) is 19.0 Å². The number of piperazine rings is 1. The van der Waals surface area contributed by atoms with E-state index < -0.39 is 17.9 Å². The van der Waals surface area contributed by atoms with Crippen LogP contribution in [0.15, 0.2) is 17.2 Å². The van der Waals surface area contributed by atoms with Gasteiger partial charge >= 0.3 is 0 Å². The summed E-state index contributed by atoms with van der Waals surface area (Å²) in [5.41, 5.74) is 0.240. The quantitative estimate of drug-likeness (QED) is 0.208. The number of hydrogen-bond donors (Lipinski definition) is 3. The number of hydrogen-bond acceptors (Lipinski definition) is 9. The number of anilines is 1. The topological polar surface area (TPSA) is 124 Å². The van der Waals surface area contributed by atoms with Crippen LogP contribution in [0, 0.1) is 33.5 Å². The average molecular weight is 609 g/mol. The number of nitriles is 1. The number of nitrogens with zero attached hydrogens (tertiary/aromatic N) is 5. The van der Waals surface area contributed by atoms with Crippen LogP contribution >= 0.6 is 35.3 Å². The Bertz CT molecular complexity index is 1420. The van der Waals surface area contributed by atoms with Crippen LogP contribution in [0.2, 0.25) is 5.15 Å². The zero-order valence-electron chi connectivity index (χ0n) is 22.4. The van der Waals surface area contributed by atoms with Crippen molar-refractivity contribution in [2.75, 3.05) is 24.5 Å². The molecular weight excluding hydrogens is 578 g/mol. The highest BCUT2D eigenvalue weighted by atomic mass is 35.5. The summed E-state index contributed by atoms with van der Waals surface area (Å²) in [6, 6.07) is 2.78. The van der Waals surface area contributed by atoms with Gasteiger partial charge in [-0.25, -0.2) is 13.8 Å². The zero-order chi connectivity index (χ0) is 29.0. The number of halogens is 3.